The van der Waals surface area contributed by atoms with Crippen LogP contribution in [0.2, 0.25) is 0 Å². The van der Waals surface area contributed by atoms with E-state index in [9.17, 15) is 14.4 Å². The summed E-state index contributed by atoms with van der Waals surface area (Å²) in [4.78, 5) is 34.3. The van der Waals surface area contributed by atoms with Gasteiger partial charge in [-0.25, -0.2) is 0 Å². The highest BCUT2D eigenvalue weighted by Gasteiger charge is 2.18. The number of amides is 3. The summed E-state index contributed by atoms with van der Waals surface area (Å²) in [5.41, 5.74) is 0. The van der Waals surface area contributed by atoms with Gasteiger partial charge in [0.15, 0.2) is 0 Å². The number of nitrogens with one attached hydrogen (secondary N) is 1. The van der Waals surface area contributed by atoms with Gasteiger partial charge in [-0.2, -0.15) is 0 Å². The maximum absolute atomic E-state index is 11.2. The molecule has 0 aromatic carbocycles. The minimum absolute atomic E-state index is 0.185. The molecule has 0 atom stereocenters. The van der Waals surface area contributed by atoms with Gasteiger partial charge in [-0.3, -0.25) is 19.3 Å². The Morgan fingerprint density at radius 1 is 1.21 bits per heavy atom. The van der Waals surface area contributed by atoms with Crippen LogP contribution in [-0.4, -0.2) is 35.7 Å². The van der Waals surface area contributed by atoms with Gasteiger partial charge in [0.05, 0.1) is 0 Å². The monoisotopic (exact) mass is 200 g/mol. The third kappa shape index (κ3) is 4.02. The lowest BCUT2D eigenvalue weighted by Gasteiger charge is -2.17. The summed E-state index contributed by atoms with van der Waals surface area (Å²) in [6.07, 6.45) is 0.221. The van der Waals surface area contributed by atoms with Crippen molar-refractivity contribution < 1.29 is 14.4 Å². The van der Waals surface area contributed by atoms with Crippen LogP contribution < -0.4 is 5.32 Å². The van der Waals surface area contributed by atoms with Crippen LogP contribution >= 0.6 is 0 Å². The van der Waals surface area contributed by atoms with Crippen molar-refractivity contribution >= 4 is 17.7 Å². The molecule has 14 heavy (non-hydrogen) atoms. The molecule has 0 aliphatic heterocycles. The Labute approximate surface area is 83.5 Å². The van der Waals surface area contributed by atoms with E-state index in [1.807, 2.05) is 0 Å². The summed E-state index contributed by atoms with van der Waals surface area (Å²) in [5, 5.41) is 2.52. The summed E-state index contributed by atoms with van der Waals surface area (Å²) in [7, 11) is 0. The minimum atomic E-state index is -0.400. The topological polar surface area (TPSA) is 66.5 Å². The van der Waals surface area contributed by atoms with E-state index in [1.54, 1.807) is 13.8 Å². The zero-order chi connectivity index (χ0) is 11.1. The number of carbonyl (C=O) groups excluding carboxylic acids is 3. The Bertz CT molecular complexity index is 238. The third-order valence-corrected chi connectivity index (χ3v) is 1.66. The van der Waals surface area contributed by atoms with Gasteiger partial charge in [0.2, 0.25) is 17.7 Å². The molecule has 0 fully saturated rings. The number of nitrogens with zero attached hydrogens (tertiary/aromatic N) is 1. The second-order valence-corrected chi connectivity index (χ2v) is 2.81. The summed E-state index contributed by atoms with van der Waals surface area (Å²) < 4.78 is 0. The first kappa shape index (κ1) is 12.6. The number of hydrogen-bond donors (Lipinski definition) is 1. The van der Waals surface area contributed by atoms with Gasteiger partial charge in [-0.05, 0) is 6.92 Å². The zero-order valence-corrected chi connectivity index (χ0v) is 8.79. The van der Waals surface area contributed by atoms with Crippen LogP contribution in [0.4, 0.5) is 0 Å². The lowest BCUT2D eigenvalue weighted by Crippen LogP contribution is -2.42. The van der Waals surface area contributed by atoms with Crippen molar-refractivity contribution in [3.05, 3.63) is 0 Å². The number of rotatable bonds is 4. The van der Waals surface area contributed by atoms with Gasteiger partial charge in [0, 0.05) is 19.9 Å². The van der Waals surface area contributed by atoms with Gasteiger partial charge >= 0.3 is 0 Å². The highest BCUT2D eigenvalue weighted by molar-refractivity contribution is 5.97. The fourth-order valence-electron chi connectivity index (χ4n) is 0.963. The highest BCUT2D eigenvalue weighted by Crippen LogP contribution is 1.94. The first-order valence-corrected chi connectivity index (χ1v) is 4.60. The van der Waals surface area contributed by atoms with Gasteiger partial charge in [0.1, 0.15) is 6.54 Å². The lowest BCUT2D eigenvalue weighted by atomic mass is 10.3. The van der Waals surface area contributed by atoms with Crippen molar-refractivity contribution in [1.29, 1.82) is 0 Å². The molecule has 0 saturated carbocycles. The van der Waals surface area contributed by atoms with Crippen molar-refractivity contribution in [2.75, 3.05) is 13.1 Å². The second-order valence-electron chi connectivity index (χ2n) is 2.81. The van der Waals surface area contributed by atoms with Crippen LogP contribution in [0.25, 0.3) is 0 Å². The molecule has 0 aromatic rings. The van der Waals surface area contributed by atoms with E-state index in [0.29, 0.717) is 6.54 Å². The quantitative estimate of drug-likeness (QED) is 0.689. The van der Waals surface area contributed by atoms with Gasteiger partial charge in [-0.1, -0.05) is 6.92 Å². The van der Waals surface area contributed by atoms with E-state index >= 15 is 0 Å². The number of carbonyl (C=O) groups is 3. The van der Waals surface area contributed by atoms with Gasteiger partial charge in [0.25, 0.3) is 0 Å². The molecular weight excluding hydrogens is 184 g/mol. The van der Waals surface area contributed by atoms with Crippen LogP contribution in [-0.2, 0) is 14.4 Å². The summed E-state index contributed by atoms with van der Waals surface area (Å²) in [6, 6.07) is 0. The average Bonchev–Trinajstić information content (AvgIpc) is 2.13. The van der Waals surface area contributed by atoms with Gasteiger partial charge < -0.3 is 5.32 Å². The largest absolute Gasteiger partial charge is 0.355 e. The van der Waals surface area contributed by atoms with E-state index in [2.05, 4.69) is 5.32 Å². The maximum Gasteiger partial charge on any atom is 0.240 e. The Kier molecular flexibility index (Phi) is 5.52. The van der Waals surface area contributed by atoms with Crippen molar-refractivity contribution in [3.63, 3.8) is 0 Å². The Hall–Kier alpha value is -1.39. The van der Waals surface area contributed by atoms with Crippen LogP contribution in [0.1, 0.15) is 27.2 Å². The first-order valence-electron chi connectivity index (χ1n) is 4.60. The molecule has 5 nitrogen and oxygen atoms in total. The summed E-state index contributed by atoms with van der Waals surface area (Å²) in [5.74, 6) is -1.05. The summed E-state index contributed by atoms with van der Waals surface area (Å²) in [6.45, 7) is 5.00. The Morgan fingerprint density at radius 3 is 2.14 bits per heavy atom. The molecule has 3 amide bonds. The van der Waals surface area contributed by atoms with Crippen LogP contribution in [0.5, 0.6) is 0 Å². The summed E-state index contributed by atoms with van der Waals surface area (Å²) >= 11 is 0. The maximum atomic E-state index is 11.2. The minimum Gasteiger partial charge on any atom is -0.355 e. The molecule has 0 radical (unpaired) electrons. The standard InChI is InChI=1S/C9H16N2O3/c1-4-9(14)11(7(3)12)6-8(13)10-5-2/h4-6H2,1-3H3,(H,10,13). The van der Waals surface area contributed by atoms with E-state index in [-0.39, 0.29) is 24.8 Å². The SMILES string of the molecule is CCNC(=O)CN(C(C)=O)C(=O)CC. The van der Waals surface area contributed by atoms with E-state index in [0.717, 1.165) is 4.90 Å². The number of likely N-dealkylation sites (N-methyl/N-ethyl adjacent to an activating group) is 1. The Morgan fingerprint density at radius 2 is 1.79 bits per heavy atom. The fourth-order valence-corrected chi connectivity index (χ4v) is 0.963. The third-order valence-electron chi connectivity index (χ3n) is 1.66. The molecule has 0 bridgehead atoms. The average molecular weight is 200 g/mol. The molecule has 0 spiro atoms. The molecule has 0 aliphatic carbocycles. The van der Waals surface area contributed by atoms with Gasteiger partial charge in [-0.15, -0.1) is 0 Å². The molecule has 0 aromatic heterocycles. The predicted molar refractivity (Wildman–Crippen MR) is 51.4 cm³/mol. The smallest absolute Gasteiger partial charge is 0.240 e. The van der Waals surface area contributed by atoms with Crippen molar-refractivity contribution in [1.82, 2.24) is 10.2 Å². The molecule has 1 N–H and O–H groups in total. The molecule has 0 unspecified atom stereocenters. The molecule has 0 heterocycles. The van der Waals surface area contributed by atoms with Crippen molar-refractivity contribution in [2.24, 2.45) is 0 Å². The zero-order valence-electron chi connectivity index (χ0n) is 8.79. The molecule has 80 valence electrons. The number of hydrogen-bond acceptors (Lipinski definition) is 3. The Balaban J connectivity index is 4.31. The van der Waals surface area contributed by atoms with Crippen LogP contribution in [0.15, 0.2) is 0 Å². The lowest BCUT2D eigenvalue weighted by molar-refractivity contribution is -0.146. The van der Waals surface area contributed by atoms with E-state index < -0.39 is 5.91 Å². The van der Waals surface area contributed by atoms with Crippen LogP contribution in [0.3, 0.4) is 0 Å². The number of imide groups is 1. The van der Waals surface area contributed by atoms with Crippen molar-refractivity contribution in [2.45, 2.75) is 27.2 Å². The molecule has 0 saturated heterocycles. The highest BCUT2D eigenvalue weighted by atomic mass is 16.2. The van der Waals surface area contributed by atoms with Crippen LogP contribution in [0, 0.1) is 0 Å². The van der Waals surface area contributed by atoms with E-state index in [1.165, 1.54) is 6.92 Å². The first-order chi connectivity index (χ1) is 6.52. The fraction of sp³-hybridized carbons (Fsp3) is 0.667. The van der Waals surface area contributed by atoms with Crippen molar-refractivity contribution in [3.8, 4) is 0 Å². The normalized spacial score (nSPS) is 9.36. The molecule has 0 rings (SSSR count). The second kappa shape index (κ2) is 6.12. The molecular formula is C9H16N2O3. The molecule has 0 aliphatic rings. The molecule has 5 heteroatoms. The predicted octanol–water partition coefficient (Wildman–Crippen LogP) is -0.0924. The van der Waals surface area contributed by atoms with E-state index in [4.69, 9.17) is 0 Å².